The smallest absolute Gasteiger partial charge is 0.314 e. The highest BCUT2D eigenvalue weighted by molar-refractivity contribution is 9.10. The monoisotopic (exact) mass is 430 g/mol. The Kier molecular flexibility index (Phi) is 5.97. The van der Waals surface area contributed by atoms with Gasteiger partial charge >= 0.3 is 5.97 Å². The summed E-state index contributed by atoms with van der Waals surface area (Å²) in [6.45, 7) is 0.794. The molecule has 1 saturated heterocycles. The van der Waals surface area contributed by atoms with E-state index in [-0.39, 0.29) is 5.91 Å². The predicted molar refractivity (Wildman–Crippen MR) is 107 cm³/mol. The largest absolute Gasteiger partial charge is 0.481 e. The SMILES string of the molecule is NC(Cc1ccc(Br)cc1)C(=O)N1CCC(C(=O)O)(c2ccccc2)CC1. The molecule has 2 aromatic carbocycles. The van der Waals surface area contributed by atoms with Gasteiger partial charge in [-0.05, 0) is 42.5 Å². The van der Waals surface area contributed by atoms with Crippen LogP contribution in [0.2, 0.25) is 0 Å². The molecule has 1 fully saturated rings. The zero-order valence-electron chi connectivity index (χ0n) is 15.0. The van der Waals surface area contributed by atoms with Crippen LogP contribution < -0.4 is 5.73 Å². The van der Waals surface area contributed by atoms with Crippen molar-refractivity contribution in [3.05, 3.63) is 70.2 Å². The van der Waals surface area contributed by atoms with E-state index < -0.39 is 17.4 Å². The summed E-state index contributed by atoms with van der Waals surface area (Å²) >= 11 is 3.39. The van der Waals surface area contributed by atoms with Gasteiger partial charge in [-0.3, -0.25) is 9.59 Å². The van der Waals surface area contributed by atoms with Crippen LogP contribution in [0.3, 0.4) is 0 Å². The fourth-order valence-corrected chi connectivity index (χ4v) is 3.95. The minimum Gasteiger partial charge on any atom is -0.481 e. The summed E-state index contributed by atoms with van der Waals surface area (Å²) in [5.74, 6) is -0.954. The highest BCUT2D eigenvalue weighted by Gasteiger charge is 2.44. The van der Waals surface area contributed by atoms with Crippen LogP contribution in [0.25, 0.3) is 0 Å². The van der Waals surface area contributed by atoms with Crippen LogP contribution in [0.5, 0.6) is 0 Å². The highest BCUT2D eigenvalue weighted by atomic mass is 79.9. The molecule has 0 spiro atoms. The first-order valence-electron chi connectivity index (χ1n) is 9.00. The molecule has 0 aromatic heterocycles. The van der Waals surface area contributed by atoms with Gasteiger partial charge in [-0.15, -0.1) is 0 Å². The van der Waals surface area contributed by atoms with Gasteiger partial charge in [0.15, 0.2) is 0 Å². The van der Waals surface area contributed by atoms with Crippen LogP contribution >= 0.6 is 15.9 Å². The third-order valence-corrected chi connectivity index (χ3v) is 5.88. The number of aliphatic carboxylic acids is 1. The van der Waals surface area contributed by atoms with Crippen LogP contribution in [-0.2, 0) is 21.4 Å². The molecule has 3 N–H and O–H groups in total. The lowest BCUT2D eigenvalue weighted by molar-refractivity contribution is -0.148. The highest BCUT2D eigenvalue weighted by Crippen LogP contribution is 2.36. The number of nitrogens with two attached hydrogens (primary N) is 1. The van der Waals surface area contributed by atoms with E-state index in [1.807, 2.05) is 54.6 Å². The van der Waals surface area contributed by atoms with Crippen molar-refractivity contribution in [1.29, 1.82) is 0 Å². The van der Waals surface area contributed by atoms with Gasteiger partial charge in [0.2, 0.25) is 5.91 Å². The fourth-order valence-electron chi connectivity index (χ4n) is 3.69. The van der Waals surface area contributed by atoms with Crippen LogP contribution in [0.1, 0.15) is 24.0 Å². The van der Waals surface area contributed by atoms with Crippen molar-refractivity contribution in [2.75, 3.05) is 13.1 Å². The summed E-state index contributed by atoms with van der Waals surface area (Å²) in [6, 6.07) is 16.4. The van der Waals surface area contributed by atoms with Gasteiger partial charge in [0.05, 0.1) is 11.5 Å². The summed E-state index contributed by atoms with van der Waals surface area (Å²) in [5, 5.41) is 9.86. The van der Waals surface area contributed by atoms with Gasteiger partial charge in [0, 0.05) is 17.6 Å². The molecular weight excluding hydrogens is 408 g/mol. The standard InChI is InChI=1S/C21H23BrN2O3/c22-17-8-6-15(7-9-17)14-18(23)19(25)24-12-10-21(11-13-24,20(26)27)16-4-2-1-3-5-16/h1-9,18H,10-14,23H2,(H,26,27). The number of carbonyl (C=O) groups is 2. The van der Waals surface area contributed by atoms with Gasteiger partial charge in [-0.1, -0.05) is 58.4 Å². The van der Waals surface area contributed by atoms with E-state index in [0.29, 0.717) is 32.4 Å². The van der Waals surface area contributed by atoms with Gasteiger partial charge in [0.25, 0.3) is 0 Å². The van der Waals surface area contributed by atoms with E-state index in [2.05, 4.69) is 15.9 Å². The molecule has 1 aliphatic rings. The number of hydrogen-bond donors (Lipinski definition) is 2. The number of carboxylic acids is 1. The van der Waals surface area contributed by atoms with Crippen LogP contribution in [0, 0.1) is 0 Å². The summed E-state index contributed by atoms with van der Waals surface area (Å²) in [4.78, 5) is 26.5. The molecule has 3 rings (SSSR count). The summed E-state index contributed by atoms with van der Waals surface area (Å²) in [7, 11) is 0. The normalized spacial score (nSPS) is 17.3. The fraction of sp³-hybridized carbons (Fsp3) is 0.333. The van der Waals surface area contributed by atoms with Crippen LogP contribution in [0.4, 0.5) is 0 Å². The van der Waals surface area contributed by atoms with E-state index in [4.69, 9.17) is 5.73 Å². The molecule has 1 unspecified atom stereocenters. The number of amides is 1. The van der Waals surface area contributed by atoms with E-state index in [9.17, 15) is 14.7 Å². The van der Waals surface area contributed by atoms with Crippen molar-refractivity contribution in [2.24, 2.45) is 5.73 Å². The van der Waals surface area contributed by atoms with E-state index >= 15 is 0 Å². The molecule has 6 heteroatoms. The second-order valence-electron chi connectivity index (χ2n) is 7.02. The van der Waals surface area contributed by atoms with Gasteiger partial charge in [-0.2, -0.15) is 0 Å². The number of carbonyl (C=O) groups excluding carboxylic acids is 1. The van der Waals surface area contributed by atoms with Gasteiger partial charge < -0.3 is 15.7 Å². The van der Waals surface area contributed by atoms with E-state index in [1.165, 1.54) is 0 Å². The molecule has 0 aliphatic carbocycles. The summed E-state index contributed by atoms with van der Waals surface area (Å²) < 4.78 is 0.980. The number of likely N-dealkylation sites (tertiary alicyclic amines) is 1. The molecule has 1 amide bonds. The first-order chi connectivity index (χ1) is 12.9. The molecule has 2 aromatic rings. The number of piperidine rings is 1. The predicted octanol–water partition coefficient (Wildman–Crippen LogP) is 2.96. The van der Waals surface area contributed by atoms with Crippen molar-refractivity contribution in [3.63, 3.8) is 0 Å². The summed E-state index contributed by atoms with van der Waals surface area (Å²) in [5.41, 5.74) is 7.00. The lowest BCUT2D eigenvalue weighted by atomic mass is 9.72. The number of rotatable bonds is 5. The Labute approximate surface area is 167 Å². The Bertz CT molecular complexity index is 800. The third kappa shape index (κ3) is 4.22. The summed E-state index contributed by atoms with van der Waals surface area (Å²) in [6.07, 6.45) is 1.25. The first kappa shape index (κ1) is 19.6. The minimum absolute atomic E-state index is 0.120. The molecule has 142 valence electrons. The Hall–Kier alpha value is -2.18. The molecule has 1 atom stereocenters. The van der Waals surface area contributed by atoms with Crippen molar-refractivity contribution < 1.29 is 14.7 Å². The minimum atomic E-state index is -0.937. The maximum atomic E-state index is 12.7. The van der Waals surface area contributed by atoms with Crippen molar-refractivity contribution >= 4 is 27.8 Å². The zero-order valence-corrected chi connectivity index (χ0v) is 16.6. The van der Waals surface area contributed by atoms with Gasteiger partial charge in [-0.25, -0.2) is 0 Å². The van der Waals surface area contributed by atoms with E-state index in [0.717, 1.165) is 15.6 Å². The van der Waals surface area contributed by atoms with Crippen LogP contribution in [0.15, 0.2) is 59.1 Å². The third-order valence-electron chi connectivity index (χ3n) is 5.35. The average molecular weight is 431 g/mol. The number of hydrogen-bond acceptors (Lipinski definition) is 3. The van der Waals surface area contributed by atoms with Crippen molar-refractivity contribution in [3.8, 4) is 0 Å². The molecule has 5 nitrogen and oxygen atoms in total. The number of benzene rings is 2. The maximum Gasteiger partial charge on any atom is 0.314 e. The zero-order chi connectivity index (χ0) is 19.4. The first-order valence-corrected chi connectivity index (χ1v) is 9.79. The second kappa shape index (κ2) is 8.23. The Morgan fingerprint density at radius 2 is 1.67 bits per heavy atom. The Morgan fingerprint density at radius 1 is 1.07 bits per heavy atom. The maximum absolute atomic E-state index is 12.7. The number of halogens is 1. The molecule has 0 bridgehead atoms. The topological polar surface area (TPSA) is 83.6 Å². The molecule has 0 saturated carbocycles. The quantitative estimate of drug-likeness (QED) is 0.763. The lowest BCUT2D eigenvalue weighted by Crippen LogP contribution is -2.53. The molecule has 1 aliphatic heterocycles. The van der Waals surface area contributed by atoms with Crippen molar-refractivity contribution in [1.82, 2.24) is 4.90 Å². The number of carboxylic acid groups (broad SMARTS) is 1. The Morgan fingerprint density at radius 3 is 2.22 bits per heavy atom. The number of nitrogens with zero attached hydrogens (tertiary/aromatic N) is 1. The molecule has 1 heterocycles. The molecule has 27 heavy (non-hydrogen) atoms. The average Bonchev–Trinajstić information content (AvgIpc) is 2.69. The van der Waals surface area contributed by atoms with E-state index in [1.54, 1.807) is 4.90 Å². The molecule has 0 radical (unpaired) electrons. The Balaban J connectivity index is 1.66. The second-order valence-corrected chi connectivity index (χ2v) is 7.93. The lowest BCUT2D eigenvalue weighted by Gasteiger charge is -2.40. The van der Waals surface area contributed by atoms with Gasteiger partial charge in [0.1, 0.15) is 0 Å². The van der Waals surface area contributed by atoms with Crippen LogP contribution in [-0.4, -0.2) is 41.0 Å². The molecular formula is C21H23BrN2O3. The van der Waals surface area contributed by atoms with Crippen molar-refractivity contribution in [2.45, 2.75) is 30.7 Å².